The van der Waals surface area contributed by atoms with Crippen molar-refractivity contribution in [3.8, 4) is 17.2 Å². The van der Waals surface area contributed by atoms with E-state index in [4.69, 9.17) is 5.26 Å². The highest BCUT2D eigenvalue weighted by Gasteiger charge is 2.06. The molecule has 2 heteroatoms. The fourth-order valence-electron chi connectivity index (χ4n) is 3.12. The van der Waals surface area contributed by atoms with Gasteiger partial charge < -0.3 is 0 Å². The standard InChI is InChI=1S/C24H22FN/c1-2-3-18-4-6-19(7-5-18)8-9-20-10-13-22(14-11-20)23-15-12-21(17-26)16-24(23)25/h4-7,10-16H,2-3,8-9H2,1H3. The quantitative estimate of drug-likeness (QED) is 0.530. The fraction of sp³-hybridized carbons (Fsp3) is 0.208. The van der Waals surface area contributed by atoms with Gasteiger partial charge in [-0.1, -0.05) is 67.9 Å². The average molecular weight is 343 g/mol. The molecule has 0 radical (unpaired) electrons. The van der Waals surface area contributed by atoms with Crippen LogP contribution in [0.2, 0.25) is 0 Å². The molecule has 0 aliphatic carbocycles. The lowest BCUT2D eigenvalue weighted by molar-refractivity contribution is 0.631. The minimum atomic E-state index is -0.357. The van der Waals surface area contributed by atoms with E-state index in [1.165, 1.54) is 29.2 Å². The number of rotatable bonds is 6. The summed E-state index contributed by atoms with van der Waals surface area (Å²) >= 11 is 0. The molecule has 3 aromatic carbocycles. The van der Waals surface area contributed by atoms with Crippen LogP contribution in [0.1, 0.15) is 35.6 Å². The van der Waals surface area contributed by atoms with Crippen molar-refractivity contribution in [3.63, 3.8) is 0 Å². The maximum atomic E-state index is 14.1. The highest BCUT2D eigenvalue weighted by molar-refractivity contribution is 5.65. The van der Waals surface area contributed by atoms with Gasteiger partial charge in [-0.25, -0.2) is 4.39 Å². The number of benzene rings is 3. The van der Waals surface area contributed by atoms with Gasteiger partial charge in [0.2, 0.25) is 0 Å². The smallest absolute Gasteiger partial charge is 0.132 e. The first-order chi connectivity index (χ1) is 12.7. The summed E-state index contributed by atoms with van der Waals surface area (Å²) in [7, 11) is 0. The van der Waals surface area contributed by atoms with Crippen molar-refractivity contribution in [3.05, 3.63) is 94.8 Å². The first-order valence-electron chi connectivity index (χ1n) is 9.06. The van der Waals surface area contributed by atoms with E-state index < -0.39 is 0 Å². The number of nitrogens with zero attached hydrogens (tertiary/aromatic N) is 1. The van der Waals surface area contributed by atoms with Crippen molar-refractivity contribution in [2.75, 3.05) is 0 Å². The van der Waals surface area contributed by atoms with Crippen LogP contribution in [0, 0.1) is 17.1 Å². The maximum Gasteiger partial charge on any atom is 0.132 e. The number of halogens is 1. The topological polar surface area (TPSA) is 23.8 Å². The Kier molecular flexibility index (Phi) is 5.81. The second-order valence-corrected chi connectivity index (χ2v) is 6.57. The summed E-state index contributed by atoms with van der Waals surface area (Å²) < 4.78 is 14.1. The van der Waals surface area contributed by atoms with E-state index in [0.717, 1.165) is 24.8 Å². The number of hydrogen-bond donors (Lipinski definition) is 0. The molecule has 0 aliphatic rings. The van der Waals surface area contributed by atoms with E-state index in [-0.39, 0.29) is 5.82 Å². The molecule has 0 saturated heterocycles. The van der Waals surface area contributed by atoms with Crippen LogP contribution in [0.3, 0.4) is 0 Å². The second kappa shape index (κ2) is 8.45. The van der Waals surface area contributed by atoms with Crippen LogP contribution in [-0.2, 0) is 19.3 Å². The van der Waals surface area contributed by atoms with Gasteiger partial charge in [0.05, 0.1) is 11.6 Å². The van der Waals surface area contributed by atoms with Crippen LogP contribution in [0.15, 0.2) is 66.7 Å². The van der Waals surface area contributed by atoms with Gasteiger partial charge in [-0.3, -0.25) is 0 Å². The van der Waals surface area contributed by atoms with Crippen LogP contribution in [-0.4, -0.2) is 0 Å². The predicted molar refractivity (Wildman–Crippen MR) is 104 cm³/mol. The Bertz CT molecular complexity index is 902. The van der Waals surface area contributed by atoms with E-state index in [2.05, 4.69) is 43.3 Å². The van der Waals surface area contributed by atoms with Gasteiger partial charge in [0.25, 0.3) is 0 Å². The summed E-state index contributed by atoms with van der Waals surface area (Å²) in [6.07, 6.45) is 4.26. The molecular weight excluding hydrogens is 321 g/mol. The monoisotopic (exact) mass is 343 g/mol. The molecule has 0 aliphatic heterocycles. The first-order valence-corrected chi connectivity index (χ1v) is 9.06. The van der Waals surface area contributed by atoms with Gasteiger partial charge in [0, 0.05) is 5.56 Å². The van der Waals surface area contributed by atoms with Gasteiger partial charge in [-0.15, -0.1) is 0 Å². The molecule has 0 aromatic heterocycles. The largest absolute Gasteiger partial charge is 0.206 e. The van der Waals surface area contributed by atoms with Gasteiger partial charge in [0.15, 0.2) is 0 Å². The SMILES string of the molecule is CCCc1ccc(CCc2ccc(-c3ccc(C#N)cc3F)cc2)cc1. The molecule has 130 valence electrons. The number of aryl methyl sites for hydroxylation is 3. The summed E-state index contributed by atoms with van der Waals surface area (Å²) in [5.41, 5.74) is 5.67. The molecule has 0 unspecified atom stereocenters. The Labute approximate surface area is 154 Å². The van der Waals surface area contributed by atoms with Crippen LogP contribution in [0.25, 0.3) is 11.1 Å². The van der Waals surface area contributed by atoms with Gasteiger partial charge in [-0.2, -0.15) is 5.26 Å². The van der Waals surface area contributed by atoms with Crippen LogP contribution in [0.4, 0.5) is 4.39 Å². The first kappa shape index (κ1) is 17.9. The summed E-state index contributed by atoms with van der Waals surface area (Å²) in [4.78, 5) is 0. The van der Waals surface area contributed by atoms with Crippen molar-refractivity contribution in [2.24, 2.45) is 0 Å². The third-order valence-electron chi connectivity index (χ3n) is 4.63. The lowest BCUT2D eigenvalue weighted by Gasteiger charge is -2.07. The second-order valence-electron chi connectivity index (χ2n) is 6.57. The van der Waals surface area contributed by atoms with Crippen molar-refractivity contribution in [1.29, 1.82) is 5.26 Å². The molecule has 0 amide bonds. The van der Waals surface area contributed by atoms with Gasteiger partial charge >= 0.3 is 0 Å². The summed E-state index contributed by atoms with van der Waals surface area (Å²) in [6.45, 7) is 2.20. The Morgan fingerprint density at radius 2 is 1.31 bits per heavy atom. The highest BCUT2D eigenvalue weighted by Crippen LogP contribution is 2.24. The van der Waals surface area contributed by atoms with E-state index in [1.807, 2.05) is 18.2 Å². The molecule has 1 nitrogen and oxygen atoms in total. The maximum absolute atomic E-state index is 14.1. The van der Waals surface area contributed by atoms with Gasteiger partial charge in [-0.05, 0) is 53.6 Å². The van der Waals surface area contributed by atoms with Crippen LogP contribution >= 0.6 is 0 Å². The minimum absolute atomic E-state index is 0.341. The predicted octanol–water partition coefficient (Wildman–Crippen LogP) is 6.10. The molecule has 0 atom stereocenters. The molecule has 0 N–H and O–H groups in total. The van der Waals surface area contributed by atoms with Crippen molar-refractivity contribution in [2.45, 2.75) is 32.6 Å². The Balaban J connectivity index is 1.65. The molecular formula is C24H22FN. The third-order valence-corrected chi connectivity index (χ3v) is 4.63. The molecule has 26 heavy (non-hydrogen) atoms. The zero-order valence-corrected chi connectivity index (χ0v) is 15.0. The Morgan fingerprint density at radius 3 is 1.81 bits per heavy atom. The van der Waals surface area contributed by atoms with E-state index in [1.54, 1.807) is 12.1 Å². The van der Waals surface area contributed by atoms with Crippen LogP contribution in [0.5, 0.6) is 0 Å². The third kappa shape index (κ3) is 4.37. The highest BCUT2D eigenvalue weighted by atomic mass is 19.1. The molecule has 0 fully saturated rings. The minimum Gasteiger partial charge on any atom is -0.206 e. The zero-order chi connectivity index (χ0) is 18.4. The molecule has 3 rings (SSSR count). The molecule has 0 heterocycles. The Morgan fingerprint density at radius 1 is 0.769 bits per heavy atom. The molecule has 0 saturated carbocycles. The lowest BCUT2D eigenvalue weighted by atomic mass is 9.99. The summed E-state index contributed by atoms with van der Waals surface area (Å²) in [6, 6.07) is 23.4. The van der Waals surface area contributed by atoms with Gasteiger partial charge in [0.1, 0.15) is 5.82 Å². The Hall–Kier alpha value is -2.92. The average Bonchev–Trinajstić information content (AvgIpc) is 2.68. The lowest BCUT2D eigenvalue weighted by Crippen LogP contribution is -1.93. The summed E-state index contributed by atoms with van der Waals surface area (Å²) in [5, 5.41) is 8.84. The normalized spacial score (nSPS) is 10.5. The van der Waals surface area contributed by atoms with E-state index >= 15 is 0 Å². The molecule has 3 aromatic rings. The van der Waals surface area contributed by atoms with Crippen molar-refractivity contribution in [1.82, 2.24) is 0 Å². The van der Waals surface area contributed by atoms with Crippen LogP contribution < -0.4 is 0 Å². The van der Waals surface area contributed by atoms with E-state index in [0.29, 0.717) is 11.1 Å². The summed E-state index contributed by atoms with van der Waals surface area (Å²) in [5.74, 6) is -0.357. The fourth-order valence-corrected chi connectivity index (χ4v) is 3.12. The van der Waals surface area contributed by atoms with Crippen molar-refractivity contribution >= 4 is 0 Å². The van der Waals surface area contributed by atoms with Crippen molar-refractivity contribution < 1.29 is 4.39 Å². The number of nitriles is 1. The van der Waals surface area contributed by atoms with E-state index in [9.17, 15) is 4.39 Å². The molecule has 0 spiro atoms. The molecule has 0 bridgehead atoms. The zero-order valence-electron chi connectivity index (χ0n) is 15.0. The number of hydrogen-bond acceptors (Lipinski definition) is 1.